The molecule has 1 rings (SSSR count). The number of hydrogen-bond acceptors (Lipinski definition) is 5. The van der Waals surface area contributed by atoms with Gasteiger partial charge in [-0.1, -0.05) is 0 Å². The number of carbonyl (C=O) groups excluding carboxylic acids is 3. The van der Waals surface area contributed by atoms with Gasteiger partial charge in [-0.15, -0.1) is 0 Å². The van der Waals surface area contributed by atoms with Crippen molar-refractivity contribution in [2.75, 3.05) is 0 Å². The summed E-state index contributed by atoms with van der Waals surface area (Å²) in [6, 6.07) is -1.02. The minimum Gasteiger partial charge on any atom is -0.350 e. The van der Waals surface area contributed by atoms with Crippen LogP contribution in [0, 0.1) is 6.92 Å². The second-order valence-electron chi connectivity index (χ2n) is 4.27. The summed E-state index contributed by atoms with van der Waals surface area (Å²) >= 11 is 0. The minimum absolute atomic E-state index is 0.103. The fourth-order valence-corrected chi connectivity index (χ4v) is 1.42. The molecule has 0 aromatic carbocycles. The van der Waals surface area contributed by atoms with Crippen molar-refractivity contribution in [3.8, 4) is 0 Å². The Bertz CT molecular complexity index is 474. The normalized spacial score (nSPS) is 11.3. The lowest BCUT2D eigenvalue weighted by atomic mass is 10.2. The lowest BCUT2D eigenvalue weighted by Crippen LogP contribution is -2.42. The van der Waals surface area contributed by atoms with Crippen molar-refractivity contribution in [1.29, 1.82) is 0 Å². The molecule has 8 heteroatoms. The van der Waals surface area contributed by atoms with Gasteiger partial charge >= 0.3 is 6.03 Å². The van der Waals surface area contributed by atoms with Crippen LogP contribution < -0.4 is 16.0 Å². The minimum atomic E-state index is -0.635. The molecule has 1 unspecified atom stereocenters. The Balaban J connectivity index is 2.30. The first-order valence-electron chi connectivity index (χ1n) is 6.06. The number of carbonyl (C=O) groups is 3. The summed E-state index contributed by atoms with van der Waals surface area (Å²) in [5.74, 6) is -0.230. The molecule has 3 N–H and O–H groups in total. The van der Waals surface area contributed by atoms with Crippen LogP contribution in [0.1, 0.15) is 24.7 Å². The second kappa shape index (κ2) is 7.82. The van der Waals surface area contributed by atoms with E-state index in [0.29, 0.717) is 5.69 Å². The zero-order valence-electron chi connectivity index (χ0n) is 11.3. The topological polar surface area (TPSA) is 113 Å². The summed E-state index contributed by atoms with van der Waals surface area (Å²) < 4.78 is 0. The van der Waals surface area contributed by atoms with Crippen LogP contribution in [0.5, 0.6) is 0 Å². The van der Waals surface area contributed by atoms with Gasteiger partial charge in [0.15, 0.2) is 0 Å². The van der Waals surface area contributed by atoms with E-state index < -0.39 is 6.03 Å². The maximum absolute atomic E-state index is 11.6. The summed E-state index contributed by atoms with van der Waals surface area (Å²) in [4.78, 5) is 40.9. The zero-order chi connectivity index (χ0) is 15.0. The Morgan fingerprint density at radius 1 is 1.35 bits per heavy atom. The smallest absolute Gasteiger partial charge is 0.321 e. The second-order valence-corrected chi connectivity index (χ2v) is 4.27. The number of nitrogens with one attached hydrogen (secondary N) is 3. The van der Waals surface area contributed by atoms with E-state index >= 15 is 0 Å². The highest BCUT2D eigenvalue weighted by molar-refractivity contribution is 5.85. The van der Waals surface area contributed by atoms with Crippen LogP contribution in [0.15, 0.2) is 12.4 Å². The lowest BCUT2D eigenvalue weighted by molar-refractivity contribution is -0.121. The molecule has 0 bridgehead atoms. The molecule has 4 amide bonds. The molecule has 0 fully saturated rings. The Morgan fingerprint density at radius 3 is 2.70 bits per heavy atom. The number of imide groups is 1. The first-order valence-corrected chi connectivity index (χ1v) is 6.06. The van der Waals surface area contributed by atoms with E-state index in [1.807, 2.05) is 12.2 Å². The van der Waals surface area contributed by atoms with Gasteiger partial charge in [0.2, 0.25) is 12.3 Å². The number of nitrogens with zero attached hydrogens (tertiary/aromatic N) is 2. The molecule has 0 aliphatic rings. The number of urea groups is 1. The average molecular weight is 279 g/mol. The van der Waals surface area contributed by atoms with Gasteiger partial charge in [-0.25, -0.2) is 4.79 Å². The van der Waals surface area contributed by atoms with E-state index in [0.717, 1.165) is 5.69 Å². The van der Waals surface area contributed by atoms with E-state index in [1.54, 1.807) is 19.3 Å². The quantitative estimate of drug-likeness (QED) is 0.615. The standard InChI is InChI=1S/C12H17N5O3/c1-8(17-12(20)16-7-18)3-11(19)15-6-10-5-13-9(2)4-14-10/h4-5,7-8H,3,6H2,1-2H3,(H,15,19)(H2,16,17,18,20). The zero-order valence-corrected chi connectivity index (χ0v) is 11.3. The summed E-state index contributed by atoms with van der Waals surface area (Å²) in [6.45, 7) is 3.77. The predicted octanol–water partition coefficient (Wildman–Crippen LogP) is -0.365. The van der Waals surface area contributed by atoms with Crippen LogP contribution in [-0.4, -0.2) is 34.4 Å². The van der Waals surface area contributed by atoms with Gasteiger partial charge in [0.1, 0.15) is 0 Å². The molecular weight excluding hydrogens is 262 g/mol. The van der Waals surface area contributed by atoms with E-state index in [-0.39, 0.29) is 31.3 Å². The first-order chi connectivity index (χ1) is 9.51. The fourth-order valence-electron chi connectivity index (χ4n) is 1.42. The van der Waals surface area contributed by atoms with E-state index in [4.69, 9.17) is 0 Å². The van der Waals surface area contributed by atoms with Crippen molar-refractivity contribution < 1.29 is 14.4 Å². The maximum Gasteiger partial charge on any atom is 0.321 e. The van der Waals surface area contributed by atoms with Crippen molar-refractivity contribution in [1.82, 2.24) is 25.9 Å². The predicted molar refractivity (Wildman–Crippen MR) is 70.4 cm³/mol. The van der Waals surface area contributed by atoms with Crippen LogP contribution in [0.4, 0.5) is 4.79 Å². The molecule has 0 radical (unpaired) electrons. The van der Waals surface area contributed by atoms with Gasteiger partial charge in [0.05, 0.1) is 24.1 Å². The summed E-state index contributed by atoms with van der Waals surface area (Å²) in [7, 11) is 0. The van der Waals surface area contributed by atoms with E-state index in [9.17, 15) is 14.4 Å². The molecule has 0 aliphatic carbocycles. The van der Waals surface area contributed by atoms with Crippen molar-refractivity contribution in [3.63, 3.8) is 0 Å². The lowest BCUT2D eigenvalue weighted by Gasteiger charge is -2.12. The van der Waals surface area contributed by atoms with Crippen LogP contribution in [0.25, 0.3) is 0 Å². The Labute approximate surface area is 116 Å². The third-order valence-electron chi connectivity index (χ3n) is 2.36. The van der Waals surface area contributed by atoms with Gasteiger partial charge in [-0.05, 0) is 13.8 Å². The maximum atomic E-state index is 11.6. The van der Waals surface area contributed by atoms with Crippen molar-refractivity contribution in [2.24, 2.45) is 0 Å². The number of aryl methyl sites for hydroxylation is 1. The highest BCUT2D eigenvalue weighted by atomic mass is 16.2. The van der Waals surface area contributed by atoms with Crippen molar-refractivity contribution in [2.45, 2.75) is 32.9 Å². The number of rotatable bonds is 6. The summed E-state index contributed by atoms with van der Waals surface area (Å²) in [6.07, 6.45) is 3.59. The number of aromatic nitrogens is 2. The molecule has 1 heterocycles. The number of hydrogen-bond donors (Lipinski definition) is 3. The molecule has 0 saturated heterocycles. The molecule has 0 aliphatic heterocycles. The van der Waals surface area contributed by atoms with Gasteiger partial charge in [0, 0.05) is 18.7 Å². The van der Waals surface area contributed by atoms with Gasteiger partial charge in [-0.3, -0.25) is 24.9 Å². The summed E-state index contributed by atoms with van der Waals surface area (Å²) in [5.41, 5.74) is 1.46. The molecule has 1 aromatic heterocycles. The molecule has 1 atom stereocenters. The van der Waals surface area contributed by atoms with Crippen molar-refractivity contribution >= 4 is 18.3 Å². The van der Waals surface area contributed by atoms with Crippen LogP contribution in [0.2, 0.25) is 0 Å². The average Bonchev–Trinajstić information content (AvgIpc) is 2.38. The van der Waals surface area contributed by atoms with Crippen LogP contribution in [0.3, 0.4) is 0 Å². The number of amides is 4. The van der Waals surface area contributed by atoms with Crippen LogP contribution >= 0.6 is 0 Å². The molecule has 0 saturated carbocycles. The Kier molecular flexibility index (Phi) is 6.08. The van der Waals surface area contributed by atoms with Crippen LogP contribution in [-0.2, 0) is 16.1 Å². The monoisotopic (exact) mass is 279 g/mol. The van der Waals surface area contributed by atoms with Gasteiger partial charge < -0.3 is 10.6 Å². The first kappa shape index (κ1) is 15.5. The molecule has 1 aromatic rings. The molecular formula is C12H17N5O3. The van der Waals surface area contributed by atoms with Crippen molar-refractivity contribution in [3.05, 3.63) is 23.8 Å². The fraction of sp³-hybridized carbons (Fsp3) is 0.417. The Morgan fingerprint density at radius 2 is 2.10 bits per heavy atom. The van der Waals surface area contributed by atoms with Gasteiger partial charge in [-0.2, -0.15) is 0 Å². The summed E-state index contributed by atoms with van der Waals surface area (Å²) in [5, 5.41) is 7.05. The third-order valence-corrected chi connectivity index (χ3v) is 2.36. The Hall–Kier alpha value is -2.51. The SMILES string of the molecule is Cc1cnc(CNC(=O)CC(C)NC(=O)NC=O)cn1. The largest absolute Gasteiger partial charge is 0.350 e. The highest BCUT2D eigenvalue weighted by Crippen LogP contribution is 1.95. The highest BCUT2D eigenvalue weighted by Gasteiger charge is 2.11. The van der Waals surface area contributed by atoms with E-state index in [2.05, 4.69) is 20.6 Å². The molecule has 108 valence electrons. The third kappa shape index (κ3) is 5.89. The van der Waals surface area contributed by atoms with E-state index in [1.165, 1.54) is 0 Å². The molecule has 20 heavy (non-hydrogen) atoms. The molecule has 8 nitrogen and oxygen atoms in total. The molecule has 0 spiro atoms. The van der Waals surface area contributed by atoms with Gasteiger partial charge in [0.25, 0.3) is 0 Å².